The van der Waals surface area contributed by atoms with Crippen LogP contribution in [0.25, 0.3) is 0 Å². The SMILES string of the molecule is CN1C=C(Br)C=C(N)C1. The van der Waals surface area contributed by atoms with Crippen LogP contribution in [0.5, 0.6) is 0 Å². The molecular weight excluding hydrogens is 180 g/mol. The Morgan fingerprint density at radius 2 is 2.44 bits per heavy atom. The first kappa shape index (κ1) is 6.68. The third-order valence-electron chi connectivity index (χ3n) is 1.10. The van der Waals surface area contributed by atoms with Crippen molar-refractivity contribution < 1.29 is 0 Å². The smallest absolute Gasteiger partial charge is 0.0566 e. The van der Waals surface area contributed by atoms with Crippen molar-refractivity contribution in [3.8, 4) is 0 Å². The Morgan fingerprint density at radius 3 is 2.89 bits per heavy atom. The number of nitrogens with zero attached hydrogens (tertiary/aromatic N) is 1. The van der Waals surface area contributed by atoms with Gasteiger partial charge in [-0.15, -0.1) is 0 Å². The molecule has 0 aliphatic carbocycles. The summed E-state index contributed by atoms with van der Waals surface area (Å²) < 4.78 is 1.04. The van der Waals surface area contributed by atoms with E-state index in [2.05, 4.69) is 15.9 Å². The second kappa shape index (κ2) is 2.43. The average Bonchev–Trinajstić information content (AvgIpc) is 1.59. The lowest BCUT2D eigenvalue weighted by atomic mass is 10.3. The van der Waals surface area contributed by atoms with Gasteiger partial charge in [0.2, 0.25) is 0 Å². The molecule has 0 aromatic rings. The van der Waals surface area contributed by atoms with Crippen LogP contribution < -0.4 is 5.73 Å². The van der Waals surface area contributed by atoms with Gasteiger partial charge in [0.05, 0.1) is 6.54 Å². The third-order valence-corrected chi connectivity index (χ3v) is 1.53. The summed E-state index contributed by atoms with van der Waals surface area (Å²) >= 11 is 3.33. The van der Waals surface area contributed by atoms with E-state index in [9.17, 15) is 0 Å². The first-order valence-electron chi connectivity index (χ1n) is 2.72. The summed E-state index contributed by atoms with van der Waals surface area (Å²) in [6, 6.07) is 0. The maximum absolute atomic E-state index is 5.56. The van der Waals surface area contributed by atoms with E-state index in [1.165, 1.54) is 0 Å². The molecule has 1 aliphatic heterocycles. The Morgan fingerprint density at radius 1 is 1.78 bits per heavy atom. The van der Waals surface area contributed by atoms with Crippen molar-refractivity contribution in [2.24, 2.45) is 5.73 Å². The van der Waals surface area contributed by atoms with Gasteiger partial charge in [0.15, 0.2) is 0 Å². The van der Waals surface area contributed by atoms with Crippen molar-refractivity contribution >= 4 is 15.9 Å². The molecule has 0 spiro atoms. The summed E-state index contributed by atoms with van der Waals surface area (Å²) in [6.45, 7) is 0.828. The zero-order chi connectivity index (χ0) is 6.85. The number of allylic oxidation sites excluding steroid dienone is 2. The van der Waals surface area contributed by atoms with Crippen LogP contribution in [0.4, 0.5) is 0 Å². The van der Waals surface area contributed by atoms with Crippen LogP contribution in [0, 0.1) is 0 Å². The molecular formula is C6H9BrN2. The predicted molar refractivity (Wildman–Crippen MR) is 41.9 cm³/mol. The number of rotatable bonds is 0. The standard InChI is InChI=1S/C6H9BrN2/c1-9-3-5(7)2-6(8)4-9/h2-3H,4,8H2,1H3. The van der Waals surface area contributed by atoms with Gasteiger partial charge in [0.1, 0.15) is 0 Å². The van der Waals surface area contributed by atoms with Gasteiger partial charge in [-0.05, 0) is 22.0 Å². The zero-order valence-corrected chi connectivity index (χ0v) is 6.85. The average molecular weight is 189 g/mol. The van der Waals surface area contributed by atoms with E-state index in [0.717, 1.165) is 16.7 Å². The highest BCUT2D eigenvalue weighted by molar-refractivity contribution is 9.11. The van der Waals surface area contributed by atoms with Crippen LogP contribution in [0.3, 0.4) is 0 Å². The molecule has 0 bridgehead atoms. The fourth-order valence-corrected chi connectivity index (χ4v) is 1.45. The fourth-order valence-electron chi connectivity index (χ4n) is 0.804. The van der Waals surface area contributed by atoms with E-state index >= 15 is 0 Å². The van der Waals surface area contributed by atoms with Crippen LogP contribution in [-0.4, -0.2) is 18.5 Å². The van der Waals surface area contributed by atoms with E-state index in [-0.39, 0.29) is 0 Å². The number of halogens is 1. The molecule has 0 saturated heterocycles. The lowest BCUT2D eigenvalue weighted by Crippen LogP contribution is -2.21. The van der Waals surface area contributed by atoms with Crippen molar-refractivity contribution in [3.05, 3.63) is 22.5 Å². The maximum Gasteiger partial charge on any atom is 0.0566 e. The highest BCUT2D eigenvalue weighted by atomic mass is 79.9. The highest BCUT2D eigenvalue weighted by Gasteiger charge is 2.02. The summed E-state index contributed by atoms with van der Waals surface area (Å²) in [5.41, 5.74) is 6.46. The maximum atomic E-state index is 5.56. The first-order chi connectivity index (χ1) is 4.18. The normalized spacial score (nSPS) is 19.1. The molecule has 9 heavy (non-hydrogen) atoms. The molecule has 2 N–H and O–H groups in total. The number of likely N-dealkylation sites (N-methyl/N-ethyl adjacent to an activating group) is 1. The Labute approximate surface area is 63.1 Å². The van der Waals surface area contributed by atoms with Gasteiger partial charge >= 0.3 is 0 Å². The van der Waals surface area contributed by atoms with Gasteiger partial charge in [0, 0.05) is 23.4 Å². The molecule has 0 fully saturated rings. The number of hydrogen-bond acceptors (Lipinski definition) is 2. The Kier molecular flexibility index (Phi) is 1.81. The van der Waals surface area contributed by atoms with Crippen molar-refractivity contribution in [2.45, 2.75) is 0 Å². The molecule has 0 unspecified atom stereocenters. The quantitative estimate of drug-likeness (QED) is 0.616. The molecule has 50 valence electrons. The van der Waals surface area contributed by atoms with Gasteiger partial charge in [-0.25, -0.2) is 0 Å². The van der Waals surface area contributed by atoms with Gasteiger partial charge < -0.3 is 10.6 Å². The van der Waals surface area contributed by atoms with E-state index in [4.69, 9.17) is 5.73 Å². The minimum atomic E-state index is 0.828. The molecule has 0 saturated carbocycles. The van der Waals surface area contributed by atoms with Gasteiger partial charge in [-0.3, -0.25) is 0 Å². The van der Waals surface area contributed by atoms with Crippen LogP contribution in [0.1, 0.15) is 0 Å². The minimum absolute atomic E-state index is 0.828. The molecule has 0 aromatic heterocycles. The third kappa shape index (κ3) is 1.75. The molecule has 3 heteroatoms. The summed E-state index contributed by atoms with van der Waals surface area (Å²) in [6.07, 6.45) is 3.91. The largest absolute Gasteiger partial charge is 0.401 e. The van der Waals surface area contributed by atoms with Crippen LogP contribution >= 0.6 is 15.9 Å². The van der Waals surface area contributed by atoms with Crippen molar-refractivity contribution in [3.63, 3.8) is 0 Å². The second-order valence-corrected chi connectivity index (χ2v) is 3.06. The van der Waals surface area contributed by atoms with Crippen molar-refractivity contribution in [1.82, 2.24) is 4.90 Å². The molecule has 0 radical (unpaired) electrons. The van der Waals surface area contributed by atoms with Crippen LogP contribution in [0.2, 0.25) is 0 Å². The minimum Gasteiger partial charge on any atom is -0.401 e. The van der Waals surface area contributed by atoms with E-state index in [1.54, 1.807) is 0 Å². The number of hydrogen-bond donors (Lipinski definition) is 1. The second-order valence-electron chi connectivity index (χ2n) is 2.15. The summed E-state index contributed by atoms with van der Waals surface area (Å²) in [5.74, 6) is 0. The fraction of sp³-hybridized carbons (Fsp3) is 0.333. The lowest BCUT2D eigenvalue weighted by molar-refractivity contribution is 0.487. The summed E-state index contributed by atoms with van der Waals surface area (Å²) in [5, 5.41) is 0. The highest BCUT2D eigenvalue weighted by Crippen LogP contribution is 2.13. The van der Waals surface area contributed by atoms with Crippen molar-refractivity contribution in [2.75, 3.05) is 13.6 Å². The molecule has 1 aliphatic rings. The number of nitrogens with two attached hydrogens (primary N) is 1. The van der Waals surface area contributed by atoms with E-state index < -0.39 is 0 Å². The van der Waals surface area contributed by atoms with Crippen LogP contribution in [-0.2, 0) is 0 Å². The van der Waals surface area contributed by atoms with E-state index in [0.29, 0.717) is 0 Å². The van der Waals surface area contributed by atoms with Gasteiger partial charge in [0.25, 0.3) is 0 Å². The van der Waals surface area contributed by atoms with Gasteiger partial charge in [-0.1, -0.05) is 0 Å². The molecule has 1 heterocycles. The summed E-state index contributed by atoms with van der Waals surface area (Å²) in [7, 11) is 1.99. The molecule has 2 nitrogen and oxygen atoms in total. The monoisotopic (exact) mass is 188 g/mol. The summed E-state index contributed by atoms with van der Waals surface area (Å²) in [4.78, 5) is 2.03. The Hall–Kier alpha value is -0.440. The molecule has 1 rings (SSSR count). The predicted octanol–water partition coefficient (Wildman–Crippen LogP) is 1.01. The molecule has 0 aromatic carbocycles. The Bertz CT molecular complexity index is 172. The first-order valence-corrected chi connectivity index (χ1v) is 3.51. The topological polar surface area (TPSA) is 29.3 Å². The zero-order valence-electron chi connectivity index (χ0n) is 5.26. The van der Waals surface area contributed by atoms with E-state index in [1.807, 2.05) is 24.2 Å². The lowest BCUT2D eigenvalue weighted by Gasteiger charge is -2.18. The Balaban J connectivity index is 2.74. The molecule has 0 amide bonds. The van der Waals surface area contributed by atoms with Crippen molar-refractivity contribution in [1.29, 1.82) is 0 Å². The van der Waals surface area contributed by atoms with Gasteiger partial charge in [-0.2, -0.15) is 0 Å². The molecule has 0 atom stereocenters. The van der Waals surface area contributed by atoms with Crippen LogP contribution in [0.15, 0.2) is 22.5 Å².